The summed E-state index contributed by atoms with van der Waals surface area (Å²) in [5, 5.41) is 22.4. The number of aromatic nitrogens is 1. The van der Waals surface area contributed by atoms with Crippen LogP contribution in [0.5, 0.6) is 0 Å². The maximum atomic E-state index is 11.5. The number of aryl methyl sites for hydroxylation is 1. The van der Waals surface area contributed by atoms with Gasteiger partial charge >= 0.3 is 14.8 Å². The summed E-state index contributed by atoms with van der Waals surface area (Å²) >= 11 is 1.56. The number of rotatable bonds is 19. The fourth-order valence-corrected chi connectivity index (χ4v) is 6.13. The zero-order valence-corrected chi connectivity index (χ0v) is 21.3. The maximum absolute atomic E-state index is 11.5. The molecule has 9 nitrogen and oxygen atoms in total. The second kappa shape index (κ2) is 16.5. The van der Waals surface area contributed by atoms with Gasteiger partial charge in [0, 0.05) is 57.7 Å². The van der Waals surface area contributed by atoms with Crippen molar-refractivity contribution in [3.8, 4) is 0 Å². The first kappa shape index (κ1) is 29.0. The summed E-state index contributed by atoms with van der Waals surface area (Å²) in [5.74, 6) is 0.306. The lowest BCUT2D eigenvalue weighted by Gasteiger charge is -2.28. The van der Waals surface area contributed by atoms with Gasteiger partial charge in [-0.1, -0.05) is 0 Å². The lowest BCUT2D eigenvalue weighted by Crippen LogP contribution is -2.46. The first-order valence-corrected chi connectivity index (χ1v) is 13.9. The largest absolute Gasteiger partial charge is 0.500 e. The van der Waals surface area contributed by atoms with Crippen molar-refractivity contribution in [2.24, 2.45) is 0 Å². The molecule has 1 aromatic heterocycles. The van der Waals surface area contributed by atoms with E-state index in [1.165, 1.54) is 5.56 Å². The molecule has 0 aliphatic carbocycles. The summed E-state index contributed by atoms with van der Waals surface area (Å²) in [6.45, 7) is 4.56. The molecule has 2 unspecified atom stereocenters. The molecule has 32 heavy (non-hydrogen) atoms. The van der Waals surface area contributed by atoms with E-state index in [0.717, 1.165) is 12.2 Å². The van der Waals surface area contributed by atoms with Crippen molar-refractivity contribution >= 4 is 26.5 Å². The van der Waals surface area contributed by atoms with Gasteiger partial charge in [0.1, 0.15) is 6.04 Å². The molecule has 0 amide bonds. The van der Waals surface area contributed by atoms with Gasteiger partial charge in [0.2, 0.25) is 0 Å². The van der Waals surface area contributed by atoms with Gasteiger partial charge in [0.25, 0.3) is 0 Å². The van der Waals surface area contributed by atoms with Gasteiger partial charge in [0.05, 0.1) is 12.7 Å². The molecular formula is C21H38N2O7SSi. The Hall–Kier alpha value is -1.05. The average molecular weight is 491 g/mol. The highest BCUT2D eigenvalue weighted by molar-refractivity contribution is 7.99. The van der Waals surface area contributed by atoms with Crippen molar-refractivity contribution in [1.82, 2.24) is 10.3 Å². The molecule has 3 N–H and O–H groups in total. The standard InChI is InChI=1S/C21H38N2O7SSi/c1-17(2)30-32(27-3,28-4)13-5-11-29-15-19(24)14-23-20(21(25)26)16-31-12-8-18-6-9-22-10-7-18/h6-7,9-10,17,19-20,23-24H,5,8,11-16H2,1-4H3,(H,25,26). The number of carbonyl (C=O) groups is 1. The van der Waals surface area contributed by atoms with E-state index in [0.29, 0.717) is 24.8 Å². The molecular weight excluding hydrogens is 452 g/mol. The molecule has 0 aliphatic rings. The molecule has 2 atom stereocenters. The number of aliphatic hydroxyl groups excluding tert-OH is 1. The van der Waals surface area contributed by atoms with Crippen LogP contribution >= 0.6 is 11.8 Å². The van der Waals surface area contributed by atoms with Gasteiger partial charge in [-0.2, -0.15) is 11.8 Å². The minimum Gasteiger partial charge on any atom is -0.480 e. The first-order valence-electron chi connectivity index (χ1n) is 10.8. The van der Waals surface area contributed by atoms with Crippen LogP contribution in [0.3, 0.4) is 0 Å². The van der Waals surface area contributed by atoms with Gasteiger partial charge in [-0.05, 0) is 50.1 Å². The number of carboxylic acids is 1. The Morgan fingerprint density at radius 3 is 2.53 bits per heavy atom. The summed E-state index contributed by atoms with van der Waals surface area (Å²) in [4.78, 5) is 15.5. The van der Waals surface area contributed by atoms with Gasteiger partial charge < -0.3 is 33.5 Å². The Labute approximate surface area is 196 Å². The van der Waals surface area contributed by atoms with Crippen molar-refractivity contribution in [3.05, 3.63) is 30.1 Å². The summed E-state index contributed by atoms with van der Waals surface area (Å²) < 4.78 is 22.4. The monoisotopic (exact) mass is 490 g/mol. The van der Waals surface area contributed by atoms with Gasteiger partial charge in [-0.25, -0.2) is 0 Å². The van der Waals surface area contributed by atoms with E-state index in [1.807, 2.05) is 26.0 Å². The molecule has 0 aliphatic heterocycles. The van der Waals surface area contributed by atoms with Crippen LogP contribution in [-0.2, 0) is 29.2 Å². The Morgan fingerprint density at radius 1 is 1.25 bits per heavy atom. The Balaban J connectivity index is 2.22. The molecule has 0 spiro atoms. The number of nitrogens with zero attached hydrogens (tertiary/aromatic N) is 1. The average Bonchev–Trinajstić information content (AvgIpc) is 2.77. The van der Waals surface area contributed by atoms with Crippen LogP contribution in [0, 0.1) is 0 Å². The third-order valence-electron chi connectivity index (χ3n) is 4.59. The predicted octanol–water partition coefficient (Wildman–Crippen LogP) is 1.82. The predicted molar refractivity (Wildman–Crippen MR) is 127 cm³/mol. The van der Waals surface area contributed by atoms with Crippen LogP contribution in [0.15, 0.2) is 24.5 Å². The van der Waals surface area contributed by atoms with Crippen molar-refractivity contribution in [2.75, 3.05) is 45.5 Å². The molecule has 0 saturated heterocycles. The van der Waals surface area contributed by atoms with E-state index in [1.54, 1.807) is 38.4 Å². The smallest absolute Gasteiger partial charge is 0.480 e. The van der Waals surface area contributed by atoms with E-state index in [2.05, 4.69) is 10.3 Å². The summed E-state index contributed by atoms with van der Waals surface area (Å²) in [7, 11) is 0.486. The van der Waals surface area contributed by atoms with E-state index in [4.69, 9.17) is 18.0 Å². The SMILES string of the molecule is CO[Si](CCCOCC(O)CNC(CSCCc1ccncc1)C(=O)O)(OC)OC(C)C. The van der Waals surface area contributed by atoms with Crippen LogP contribution in [0.25, 0.3) is 0 Å². The van der Waals surface area contributed by atoms with Crippen molar-refractivity contribution in [2.45, 2.75) is 51.0 Å². The third kappa shape index (κ3) is 12.3. The molecule has 184 valence electrons. The zero-order valence-electron chi connectivity index (χ0n) is 19.5. The number of hydrogen-bond acceptors (Lipinski definition) is 9. The number of aliphatic hydroxyl groups is 1. The minimum absolute atomic E-state index is 0.00589. The van der Waals surface area contributed by atoms with E-state index in [9.17, 15) is 15.0 Å². The molecule has 0 fully saturated rings. The Morgan fingerprint density at radius 2 is 1.94 bits per heavy atom. The van der Waals surface area contributed by atoms with E-state index >= 15 is 0 Å². The Kier molecular flexibility index (Phi) is 15.0. The quantitative estimate of drug-likeness (QED) is 0.196. The molecule has 1 rings (SSSR count). The van der Waals surface area contributed by atoms with Crippen molar-refractivity contribution in [3.63, 3.8) is 0 Å². The fourth-order valence-electron chi connectivity index (χ4n) is 2.91. The van der Waals surface area contributed by atoms with Crippen LogP contribution < -0.4 is 5.32 Å². The highest BCUT2D eigenvalue weighted by atomic mass is 32.2. The van der Waals surface area contributed by atoms with Crippen molar-refractivity contribution < 1.29 is 33.0 Å². The van der Waals surface area contributed by atoms with Gasteiger partial charge in [-0.15, -0.1) is 0 Å². The van der Waals surface area contributed by atoms with E-state index in [-0.39, 0.29) is 19.3 Å². The number of thioether (sulfide) groups is 1. The number of aliphatic carboxylic acids is 1. The topological polar surface area (TPSA) is 119 Å². The summed E-state index contributed by atoms with van der Waals surface area (Å²) in [6, 6.07) is 3.79. The highest BCUT2D eigenvalue weighted by Gasteiger charge is 2.39. The number of nitrogens with one attached hydrogen (secondary N) is 1. The fraction of sp³-hybridized carbons (Fsp3) is 0.714. The zero-order chi connectivity index (χ0) is 23.8. The van der Waals surface area contributed by atoms with E-state index < -0.39 is 26.9 Å². The molecule has 11 heteroatoms. The second-order valence-corrected chi connectivity index (χ2v) is 11.6. The summed E-state index contributed by atoms with van der Waals surface area (Å²) in [5.41, 5.74) is 1.17. The highest BCUT2D eigenvalue weighted by Crippen LogP contribution is 2.18. The molecule has 0 bridgehead atoms. The molecule has 1 heterocycles. The first-order chi connectivity index (χ1) is 15.3. The molecule has 0 saturated carbocycles. The van der Waals surface area contributed by atoms with Crippen LogP contribution in [0.2, 0.25) is 6.04 Å². The third-order valence-corrected chi connectivity index (χ3v) is 8.69. The number of carboxylic acid groups (broad SMARTS) is 1. The number of hydrogen-bond donors (Lipinski definition) is 3. The van der Waals surface area contributed by atoms with Crippen LogP contribution in [0.1, 0.15) is 25.8 Å². The van der Waals surface area contributed by atoms with Crippen LogP contribution in [0.4, 0.5) is 0 Å². The lowest BCUT2D eigenvalue weighted by atomic mass is 10.2. The molecule has 1 aromatic rings. The normalized spacial score (nSPS) is 13.9. The van der Waals surface area contributed by atoms with Gasteiger partial charge in [0.15, 0.2) is 0 Å². The molecule has 0 aromatic carbocycles. The number of ether oxygens (including phenoxy) is 1. The summed E-state index contributed by atoms with van der Waals surface area (Å²) in [6.07, 6.45) is 4.24. The second-order valence-electron chi connectivity index (χ2n) is 7.57. The minimum atomic E-state index is -2.69. The lowest BCUT2D eigenvalue weighted by molar-refractivity contribution is -0.139. The van der Waals surface area contributed by atoms with Crippen LogP contribution in [-0.4, -0.2) is 93.7 Å². The Bertz CT molecular complexity index is 623. The van der Waals surface area contributed by atoms with Gasteiger partial charge in [-0.3, -0.25) is 9.78 Å². The van der Waals surface area contributed by atoms with Crippen molar-refractivity contribution in [1.29, 1.82) is 0 Å². The molecule has 0 radical (unpaired) electrons. The maximum Gasteiger partial charge on any atom is 0.500 e. The number of pyridine rings is 1.